The molecule has 1 N–H and O–H groups in total. The van der Waals surface area contributed by atoms with Gasteiger partial charge >= 0.3 is 0 Å². The standard InChI is InChI=1S/C22H20N4O3S2/c1-14-18-13-20(30-22(18)26(24-14)17-6-4-3-5-7-17)21(27)23-16-8-9-19-15(12-16)10-11-25(19)31(2,28)29/h3-9,12-13H,10-11H2,1-2H3,(H,23,27). The Kier molecular flexibility index (Phi) is 4.60. The van der Waals surface area contributed by atoms with Gasteiger partial charge in [-0.15, -0.1) is 11.3 Å². The molecule has 0 aliphatic carbocycles. The second-order valence-electron chi connectivity index (χ2n) is 7.54. The Morgan fingerprint density at radius 1 is 1.13 bits per heavy atom. The van der Waals surface area contributed by atoms with Gasteiger partial charge in [-0.2, -0.15) is 5.10 Å². The fourth-order valence-electron chi connectivity index (χ4n) is 3.89. The number of para-hydroxylation sites is 1. The number of amides is 1. The summed E-state index contributed by atoms with van der Waals surface area (Å²) in [5.74, 6) is -0.196. The van der Waals surface area contributed by atoms with Crippen molar-refractivity contribution in [2.24, 2.45) is 0 Å². The van der Waals surface area contributed by atoms with Crippen LogP contribution in [0, 0.1) is 6.92 Å². The SMILES string of the molecule is Cc1nn(-c2ccccc2)c2sc(C(=O)Nc3ccc4c(c3)CCN4S(C)(=O)=O)cc12. The minimum atomic E-state index is -3.29. The Labute approximate surface area is 184 Å². The average molecular weight is 453 g/mol. The fourth-order valence-corrected chi connectivity index (χ4v) is 5.93. The van der Waals surface area contributed by atoms with Crippen LogP contribution in [-0.2, 0) is 16.4 Å². The van der Waals surface area contributed by atoms with E-state index in [-0.39, 0.29) is 5.91 Å². The average Bonchev–Trinajstić information content (AvgIpc) is 3.42. The molecule has 1 aliphatic rings. The maximum atomic E-state index is 12.9. The van der Waals surface area contributed by atoms with Crippen LogP contribution in [0.15, 0.2) is 54.6 Å². The van der Waals surface area contributed by atoms with E-state index in [0.717, 1.165) is 27.2 Å². The Hall–Kier alpha value is -3.17. The van der Waals surface area contributed by atoms with Crippen LogP contribution < -0.4 is 9.62 Å². The third kappa shape index (κ3) is 3.49. The molecule has 2 aromatic heterocycles. The number of fused-ring (bicyclic) bond motifs is 2. The molecule has 0 unspecified atom stereocenters. The zero-order chi connectivity index (χ0) is 21.8. The molecule has 0 bridgehead atoms. The fraction of sp³-hybridized carbons (Fsp3) is 0.182. The number of anilines is 2. The molecule has 0 fully saturated rings. The molecule has 1 aliphatic heterocycles. The Bertz CT molecular complexity index is 1420. The molecule has 0 atom stereocenters. The molecule has 5 rings (SSSR count). The Balaban J connectivity index is 1.43. The Morgan fingerprint density at radius 3 is 2.65 bits per heavy atom. The van der Waals surface area contributed by atoms with Gasteiger partial charge in [-0.05, 0) is 55.3 Å². The minimum Gasteiger partial charge on any atom is -0.321 e. The summed E-state index contributed by atoms with van der Waals surface area (Å²) in [5.41, 5.74) is 4.06. The van der Waals surface area contributed by atoms with Crippen molar-refractivity contribution in [1.82, 2.24) is 9.78 Å². The molecule has 3 heterocycles. The molecule has 0 saturated heterocycles. The van der Waals surface area contributed by atoms with Crippen molar-refractivity contribution < 1.29 is 13.2 Å². The lowest BCUT2D eigenvalue weighted by atomic mass is 10.1. The zero-order valence-electron chi connectivity index (χ0n) is 17.0. The number of nitrogens with one attached hydrogen (secondary N) is 1. The van der Waals surface area contributed by atoms with Crippen LogP contribution in [0.25, 0.3) is 15.9 Å². The van der Waals surface area contributed by atoms with Gasteiger partial charge in [0.05, 0.1) is 28.2 Å². The first-order valence-corrected chi connectivity index (χ1v) is 12.4. The van der Waals surface area contributed by atoms with Gasteiger partial charge in [0.2, 0.25) is 10.0 Å². The van der Waals surface area contributed by atoms with E-state index >= 15 is 0 Å². The van der Waals surface area contributed by atoms with Gasteiger partial charge in [-0.25, -0.2) is 13.1 Å². The zero-order valence-corrected chi connectivity index (χ0v) is 18.6. The van der Waals surface area contributed by atoms with Crippen molar-refractivity contribution in [3.05, 3.63) is 70.7 Å². The molecule has 0 spiro atoms. The highest BCUT2D eigenvalue weighted by Gasteiger charge is 2.26. The number of rotatable bonds is 4. The molecule has 31 heavy (non-hydrogen) atoms. The van der Waals surface area contributed by atoms with Crippen LogP contribution in [0.5, 0.6) is 0 Å². The predicted molar refractivity (Wildman–Crippen MR) is 124 cm³/mol. The van der Waals surface area contributed by atoms with E-state index in [0.29, 0.717) is 29.2 Å². The molecule has 2 aromatic carbocycles. The predicted octanol–water partition coefficient (Wildman–Crippen LogP) is 3.97. The maximum Gasteiger partial charge on any atom is 0.265 e. The van der Waals surface area contributed by atoms with E-state index in [1.54, 1.807) is 12.1 Å². The van der Waals surface area contributed by atoms with Crippen molar-refractivity contribution >= 4 is 48.9 Å². The van der Waals surface area contributed by atoms with Crippen LogP contribution in [0.2, 0.25) is 0 Å². The van der Waals surface area contributed by atoms with E-state index in [9.17, 15) is 13.2 Å². The van der Waals surface area contributed by atoms with E-state index in [2.05, 4.69) is 10.4 Å². The number of benzene rings is 2. The number of aryl methyl sites for hydroxylation is 1. The van der Waals surface area contributed by atoms with E-state index < -0.39 is 10.0 Å². The summed E-state index contributed by atoms with van der Waals surface area (Å²) < 4.78 is 27.1. The molecule has 1 amide bonds. The Morgan fingerprint density at radius 2 is 1.90 bits per heavy atom. The van der Waals surface area contributed by atoms with E-state index in [4.69, 9.17) is 0 Å². The summed E-state index contributed by atoms with van der Waals surface area (Å²) in [6, 6.07) is 17.0. The largest absolute Gasteiger partial charge is 0.321 e. The highest BCUT2D eigenvalue weighted by atomic mass is 32.2. The van der Waals surface area contributed by atoms with Gasteiger partial charge in [-0.1, -0.05) is 18.2 Å². The lowest BCUT2D eigenvalue weighted by Crippen LogP contribution is -2.27. The van der Waals surface area contributed by atoms with Crippen LogP contribution in [0.1, 0.15) is 20.9 Å². The molecule has 4 aromatic rings. The summed E-state index contributed by atoms with van der Waals surface area (Å²) in [6.45, 7) is 2.36. The number of thiophene rings is 1. The molecule has 158 valence electrons. The number of carbonyl (C=O) groups is 1. The topological polar surface area (TPSA) is 84.3 Å². The summed E-state index contributed by atoms with van der Waals surface area (Å²) in [7, 11) is -3.29. The van der Waals surface area contributed by atoms with Crippen LogP contribution in [-0.4, -0.2) is 36.9 Å². The monoisotopic (exact) mass is 452 g/mol. The summed E-state index contributed by atoms with van der Waals surface area (Å²) >= 11 is 1.40. The number of hydrogen-bond acceptors (Lipinski definition) is 5. The first-order valence-electron chi connectivity index (χ1n) is 9.78. The van der Waals surface area contributed by atoms with Crippen molar-refractivity contribution in [2.75, 3.05) is 22.4 Å². The van der Waals surface area contributed by atoms with Gasteiger partial charge in [-0.3, -0.25) is 9.10 Å². The number of nitrogens with zero attached hydrogens (tertiary/aromatic N) is 3. The number of carbonyl (C=O) groups excluding carboxylic acids is 1. The smallest absolute Gasteiger partial charge is 0.265 e. The quantitative estimate of drug-likeness (QED) is 0.508. The highest BCUT2D eigenvalue weighted by Crippen LogP contribution is 2.33. The second kappa shape index (κ2) is 7.21. The van der Waals surface area contributed by atoms with Crippen molar-refractivity contribution in [1.29, 1.82) is 0 Å². The third-order valence-electron chi connectivity index (χ3n) is 5.36. The molecular weight excluding hydrogens is 432 g/mol. The summed E-state index contributed by atoms with van der Waals surface area (Å²) in [4.78, 5) is 14.4. The van der Waals surface area contributed by atoms with Crippen LogP contribution >= 0.6 is 11.3 Å². The lowest BCUT2D eigenvalue weighted by Gasteiger charge is -2.16. The van der Waals surface area contributed by atoms with Gasteiger partial charge in [0, 0.05) is 17.6 Å². The number of hydrogen-bond donors (Lipinski definition) is 1. The van der Waals surface area contributed by atoms with Gasteiger partial charge < -0.3 is 5.32 Å². The summed E-state index contributed by atoms with van der Waals surface area (Å²) in [5, 5.41) is 8.51. The van der Waals surface area contributed by atoms with Crippen LogP contribution in [0.3, 0.4) is 0 Å². The van der Waals surface area contributed by atoms with E-state index in [1.807, 2.05) is 54.1 Å². The molecular formula is C22H20N4O3S2. The maximum absolute atomic E-state index is 12.9. The van der Waals surface area contributed by atoms with Crippen molar-refractivity contribution in [3.63, 3.8) is 0 Å². The molecule has 7 nitrogen and oxygen atoms in total. The first kappa shape index (κ1) is 19.8. The van der Waals surface area contributed by atoms with Crippen molar-refractivity contribution in [2.45, 2.75) is 13.3 Å². The van der Waals surface area contributed by atoms with Gasteiger partial charge in [0.15, 0.2) is 0 Å². The minimum absolute atomic E-state index is 0.196. The van der Waals surface area contributed by atoms with Crippen LogP contribution in [0.4, 0.5) is 11.4 Å². The number of aromatic nitrogens is 2. The molecule has 9 heteroatoms. The second-order valence-corrected chi connectivity index (χ2v) is 10.5. The molecule has 0 saturated carbocycles. The molecule has 0 radical (unpaired) electrons. The normalized spacial score (nSPS) is 13.5. The first-order chi connectivity index (χ1) is 14.8. The highest BCUT2D eigenvalue weighted by molar-refractivity contribution is 7.92. The van der Waals surface area contributed by atoms with Gasteiger partial charge in [0.25, 0.3) is 5.91 Å². The van der Waals surface area contributed by atoms with E-state index in [1.165, 1.54) is 21.9 Å². The third-order valence-corrected chi connectivity index (χ3v) is 7.65. The number of sulfonamides is 1. The van der Waals surface area contributed by atoms with Crippen molar-refractivity contribution in [3.8, 4) is 5.69 Å². The lowest BCUT2D eigenvalue weighted by molar-refractivity contribution is 0.103. The van der Waals surface area contributed by atoms with Gasteiger partial charge in [0.1, 0.15) is 4.83 Å². The summed E-state index contributed by atoms with van der Waals surface area (Å²) in [6.07, 6.45) is 1.83.